The van der Waals surface area contributed by atoms with E-state index in [2.05, 4.69) is 33.0 Å². The second kappa shape index (κ2) is 9.32. The van der Waals surface area contributed by atoms with Gasteiger partial charge >= 0.3 is 0 Å². The fourth-order valence-corrected chi connectivity index (χ4v) is 1.74. The summed E-state index contributed by atoms with van der Waals surface area (Å²) < 4.78 is 5.72. The van der Waals surface area contributed by atoms with Crippen LogP contribution in [0, 0.1) is 5.92 Å². The molecular weight excluding hydrogens is 240 g/mol. The van der Waals surface area contributed by atoms with Crippen LogP contribution >= 0.6 is 0 Å². The molecule has 0 radical (unpaired) electrons. The Bertz CT molecular complexity index is 257. The molecule has 4 heteroatoms. The minimum Gasteiger partial charge on any atom is -0.378 e. The zero-order valence-electron chi connectivity index (χ0n) is 13.3. The molecule has 0 saturated carbocycles. The summed E-state index contributed by atoms with van der Waals surface area (Å²) in [6.07, 6.45) is 3.97. The summed E-state index contributed by atoms with van der Waals surface area (Å²) in [5, 5.41) is 3.25. The minimum absolute atomic E-state index is 0.266. The van der Waals surface area contributed by atoms with Crippen molar-refractivity contribution in [2.75, 3.05) is 13.2 Å². The Balaban J connectivity index is 3.91. The smallest absolute Gasteiger partial charge is 0.237 e. The number of unbranched alkanes of at least 4 members (excludes halogenated alkanes) is 1. The van der Waals surface area contributed by atoms with Gasteiger partial charge in [-0.05, 0) is 52.0 Å². The molecular formula is C15H32N2O2. The first kappa shape index (κ1) is 18.4. The first-order chi connectivity index (χ1) is 8.83. The number of nitrogens with two attached hydrogens (primary N) is 1. The van der Waals surface area contributed by atoms with Gasteiger partial charge in [0.15, 0.2) is 0 Å². The van der Waals surface area contributed by atoms with Gasteiger partial charge in [-0.25, -0.2) is 0 Å². The van der Waals surface area contributed by atoms with Crippen molar-refractivity contribution in [2.24, 2.45) is 11.7 Å². The van der Waals surface area contributed by atoms with Gasteiger partial charge in [0.1, 0.15) is 0 Å². The Kier molecular flexibility index (Phi) is 9.02. The zero-order chi connectivity index (χ0) is 14.9. The lowest BCUT2D eigenvalue weighted by Gasteiger charge is -2.27. The fraction of sp³-hybridized carbons (Fsp3) is 0.933. The van der Waals surface area contributed by atoms with Gasteiger partial charge in [0.2, 0.25) is 5.91 Å². The van der Waals surface area contributed by atoms with Gasteiger partial charge in [0, 0.05) is 6.61 Å². The van der Waals surface area contributed by atoms with Crippen molar-refractivity contribution in [2.45, 2.75) is 71.9 Å². The lowest BCUT2D eigenvalue weighted by atomic mass is 9.94. The molecule has 1 amide bonds. The van der Waals surface area contributed by atoms with E-state index in [1.165, 1.54) is 0 Å². The molecule has 0 aliphatic heterocycles. The van der Waals surface area contributed by atoms with Gasteiger partial charge in [-0.3, -0.25) is 4.79 Å². The van der Waals surface area contributed by atoms with Crippen LogP contribution in [0.4, 0.5) is 0 Å². The highest BCUT2D eigenvalue weighted by Crippen LogP contribution is 2.14. The molecule has 114 valence electrons. The van der Waals surface area contributed by atoms with Crippen LogP contribution in [0.3, 0.4) is 0 Å². The first-order valence-electron chi connectivity index (χ1n) is 7.50. The Morgan fingerprint density at radius 2 is 1.95 bits per heavy atom. The number of primary amides is 1. The van der Waals surface area contributed by atoms with Crippen molar-refractivity contribution in [3.05, 3.63) is 0 Å². The van der Waals surface area contributed by atoms with E-state index in [1.54, 1.807) is 0 Å². The number of amides is 1. The van der Waals surface area contributed by atoms with Crippen molar-refractivity contribution in [3.8, 4) is 0 Å². The van der Waals surface area contributed by atoms with Crippen molar-refractivity contribution in [1.82, 2.24) is 5.32 Å². The number of hydrogen-bond donors (Lipinski definition) is 2. The molecule has 19 heavy (non-hydrogen) atoms. The highest BCUT2D eigenvalue weighted by atomic mass is 16.5. The van der Waals surface area contributed by atoms with Crippen LogP contribution in [0.5, 0.6) is 0 Å². The molecule has 0 saturated heterocycles. The second-order valence-electron chi connectivity index (χ2n) is 5.90. The third kappa shape index (κ3) is 7.53. The van der Waals surface area contributed by atoms with Gasteiger partial charge in [0.05, 0.1) is 11.6 Å². The molecule has 0 aromatic rings. The van der Waals surface area contributed by atoms with Crippen LogP contribution in [0.1, 0.15) is 60.3 Å². The lowest BCUT2D eigenvalue weighted by molar-refractivity contribution is -0.124. The minimum atomic E-state index is -0.584. The topological polar surface area (TPSA) is 64.3 Å². The van der Waals surface area contributed by atoms with Crippen molar-refractivity contribution in [1.29, 1.82) is 0 Å². The summed E-state index contributed by atoms with van der Waals surface area (Å²) in [6.45, 7) is 12.0. The SMILES string of the molecule is CCCNC(C)(CCCCOC(C)C(C)C)C(N)=O. The number of carbonyl (C=O) groups is 1. The fourth-order valence-electron chi connectivity index (χ4n) is 1.74. The molecule has 0 spiro atoms. The van der Waals surface area contributed by atoms with Gasteiger partial charge in [0.25, 0.3) is 0 Å². The number of carbonyl (C=O) groups excluding carboxylic acids is 1. The van der Waals surface area contributed by atoms with E-state index in [-0.39, 0.29) is 5.91 Å². The highest BCUT2D eigenvalue weighted by molar-refractivity contribution is 5.84. The number of rotatable bonds is 11. The Morgan fingerprint density at radius 3 is 2.42 bits per heavy atom. The zero-order valence-corrected chi connectivity index (χ0v) is 13.3. The van der Waals surface area contributed by atoms with E-state index < -0.39 is 5.54 Å². The first-order valence-corrected chi connectivity index (χ1v) is 7.50. The van der Waals surface area contributed by atoms with Crippen molar-refractivity contribution in [3.63, 3.8) is 0 Å². The third-order valence-corrected chi connectivity index (χ3v) is 3.70. The average molecular weight is 272 g/mol. The molecule has 0 aliphatic carbocycles. The summed E-state index contributed by atoms with van der Waals surface area (Å²) in [5.74, 6) is 0.277. The molecule has 2 unspecified atom stereocenters. The molecule has 0 aliphatic rings. The molecule has 0 aromatic heterocycles. The maximum Gasteiger partial charge on any atom is 0.237 e. The van der Waals surface area contributed by atoms with E-state index in [9.17, 15) is 4.79 Å². The Morgan fingerprint density at radius 1 is 1.32 bits per heavy atom. The number of hydrogen-bond acceptors (Lipinski definition) is 3. The predicted molar refractivity (Wildman–Crippen MR) is 80.0 cm³/mol. The summed E-state index contributed by atoms with van der Waals surface area (Å²) in [4.78, 5) is 11.5. The van der Waals surface area contributed by atoms with Crippen LogP contribution in [-0.2, 0) is 9.53 Å². The van der Waals surface area contributed by atoms with Crippen LogP contribution in [0.15, 0.2) is 0 Å². The average Bonchev–Trinajstić information content (AvgIpc) is 2.35. The number of nitrogens with one attached hydrogen (secondary N) is 1. The van der Waals surface area contributed by atoms with Gasteiger partial charge < -0.3 is 15.8 Å². The summed E-state index contributed by atoms with van der Waals surface area (Å²) >= 11 is 0. The van der Waals surface area contributed by atoms with Crippen molar-refractivity contribution < 1.29 is 9.53 Å². The monoisotopic (exact) mass is 272 g/mol. The molecule has 0 fully saturated rings. The lowest BCUT2D eigenvalue weighted by Crippen LogP contribution is -2.53. The summed E-state index contributed by atoms with van der Waals surface area (Å²) in [7, 11) is 0. The maximum atomic E-state index is 11.5. The number of ether oxygens (including phenoxy) is 1. The quantitative estimate of drug-likeness (QED) is 0.568. The molecule has 0 rings (SSSR count). The standard InChI is InChI=1S/C15H32N2O2/c1-6-10-17-15(5,14(16)18)9-7-8-11-19-13(4)12(2)3/h12-13,17H,6-11H2,1-5H3,(H2,16,18). The highest BCUT2D eigenvalue weighted by Gasteiger charge is 2.29. The van der Waals surface area contributed by atoms with E-state index in [0.29, 0.717) is 12.0 Å². The van der Waals surface area contributed by atoms with Crippen molar-refractivity contribution >= 4 is 5.91 Å². The Labute approximate surface area is 118 Å². The summed E-state index contributed by atoms with van der Waals surface area (Å²) in [6, 6.07) is 0. The second-order valence-corrected chi connectivity index (χ2v) is 5.90. The van der Waals surface area contributed by atoms with Crippen LogP contribution in [-0.4, -0.2) is 30.7 Å². The Hall–Kier alpha value is -0.610. The van der Waals surface area contributed by atoms with Crippen LogP contribution in [0.25, 0.3) is 0 Å². The third-order valence-electron chi connectivity index (χ3n) is 3.70. The van der Waals surface area contributed by atoms with Gasteiger partial charge in [-0.1, -0.05) is 20.8 Å². The van der Waals surface area contributed by atoms with E-state index in [1.807, 2.05) is 6.92 Å². The molecule has 2 atom stereocenters. The van der Waals surface area contributed by atoms with E-state index in [4.69, 9.17) is 10.5 Å². The molecule has 0 bridgehead atoms. The maximum absolute atomic E-state index is 11.5. The molecule has 4 nitrogen and oxygen atoms in total. The predicted octanol–water partition coefficient (Wildman–Crippen LogP) is 2.46. The van der Waals surface area contributed by atoms with Crippen LogP contribution < -0.4 is 11.1 Å². The molecule has 0 heterocycles. The van der Waals surface area contributed by atoms with Crippen LogP contribution in [0.2, 0.25) is 0 Å². The largest absolute Gasteiger partial charge is 0.378 e. The van der Waals surface area contributed by atoms with Gasteiger partial charge in [-0.15, -0.1) is 0 Å². The van der Waals surface area contributed by atoms with E-state index in [0.717, 1.165) is 38.8 Å². The molecule has 0 aromatic carbocycles. The normalized spacial score (nSPS) is 16.3. The van der Waals surface area contributed by atoms with E-state index >= 15 is 0 Å². The molecule has 3 N–H and O–H groups in total. The van der Waals surface area contributed by atoms with Gasteiger partial charge in [-0.2, -0.15) is 0 Å². The summed E-state index contributed by atoms with van der Waals surface area (Å²) in [5.41, 5.74) is 4.90.